The Morgan fingerprint density at radius 3 is 2.33 bits per heavy atom. The van der Waals surface area contributed by atoms with Gasteiger partial charge in [0, 0.05) is 11.3 Å². The average molecular weight is 394 g/mol. The average Bonchev–Trinajstić information content (AvgIpc) is 3.28. The Labute approximate surface area is 172 Å². The zero-order chi connectivity index (χ0) is 20.5. The van der Waals surface area contributed by atoms with Gasteiger partial charge in [-0.05, 0) is 42.0 Å². The van der Waals surface area contributed by atoms with Crippen LogP contribution in [0.5, 0.6) is 0 Å². The van der Waals surface area contributed by atoms with Crippen LogP contribution in [0, 0.1) is 0 Å². The molecule has 0 unspecified atom stereocenters. The Bertz CT molecular complexity index is 1420. The fraction of sp³-hybridized carbons (Fsp3) is 0.0417. The van der Waals surface area contributed by atoms with Crippen LogP contribution >= 0.6 is 0 Å². The van der Waals surface area contributed by atoms with Crippen LogP contribution in [0.1, 0.15) is 15.9 Å². The number of carbonyl (C=O) groups is 1. The van der Waals surface area contributed by atoms with Crippen molar-refractivity contribution in [3.8, 4) is 0 Å². The number of amides is 1. The van der Waals surface area contributed by atoms with Crippen LogP contribution in [0.15, 0.2) is 95.9 Å². The van der Waals surface area contributed by atoms with Gasteiger partial charge in [-0.2, -0.15) is 5.10 Å². The van der Waals surface area contributed by atoms with Gasteiger partial charge in [0.25, 0.3) is 11.5 Å². The summed E-state index contributed by atoms with van der Waals surface area (Å²) in [4.78, 5) is 26.0. The molecule has 1 N–H and O–H groups in total. The van der Waals surface area contributed by atoms with Gasteiger partial charge >= 0.3 is 0 Å². The largest absolute Gasteiger partial charge is 0.322 e. The molecule has 2 heterocycles. The number of benzene rings is 3. The molecule has 0 aliphatic rings. The van der Waals surface area contributed by atoms with Gasteiger partial charge in [0.05, 0.1) is 23.8 Å². The molecular formula is C24H18N4O2. The van der Waals surface area contributed by atoms with E-state index in [0.717, 1.165) is 11.1 Å². The molecule has 5 aromatic rings. The van der Waals surface area contributed by atoms with Gasteiger partial charge in [-0.15, -0.1) is 0 Å². The number of fused-ring (bicyclic) bond motifs is 3. The first-order chi connectivity index (χ1) is 14.7. The molecule has 6 heteroatoms. The standard InChI is InChI=1S/C24H18N4O2/c29-23(26-19-9-5-2-6-10-19)18-11-12-20-22(15-18)27(16-17-7-3-1-4-8-17)24(30)21-13-14-25-28(20)21/h1-15H,16H2,(H,26,29). The molecule has 0 spiro atoms. The highest BCUT2D eigenvalue weighted by molar-refractivity contribution is 6.06. The molecule has 0 aliphatic heterocycles. The second-order valence-electron chi connectivity index (χ2n) is 7.03. The van der Waals surface area contributed by atoms with E-state index in [4.69, 9.17) is 0 Å². The molecule has 0 saturated heterocycles. The summed E-state index contributed by atoms with van der Waals surface area (Å²) in [5, 5.41) is 7.19. The summed E-state index contributed by atoms with van der Waals surface area (Å²) in [6, 6.07) is 26.1. The summed E-state index contributed by atoms with van der Waals surface area (Å²) in [5.74, 6) is -0.234. The highest BCUT2D eigenvalue weighted by Gasteiger charge is 2.15. The second kappa shape index (κ2) is 7.33. The van der Waals surface area contributed by atoms with E-state index in [9.17, 15) is 9.59 Å². The van der Waals surface area contributed by atoms with Crippen molar-refractivity contribution in [2.45, 2.75) is 6.54 Å². The third-order valence-corrected chi connectivity index (χ3v) is 5.08. The molecule has 6 nitrogen and oxygen atoms in total. The van der Waals surface area contributed by atoms with E-state index < -0.39 is 0 Å². The van der Waals surface area contributed by atoms with Gasteiger partial charge in [0.1, 0.15) is 5.52 Å². The molecule has 0 radical (unpaired) electrons. The first-order valence-electron chi connectivity index (χ1n) is 9.61. The topological polar surface area (TPSA) is 68.4 Å². The fourth-order valence-corrected chi connectivity index (χ4v) is 3.61. The molecule has 5 rings (SSSR count). The van der Waals surface area contributed by atoms with Crippen molar-refractivity contribution in [2.75, 3.05) is 5.32 Å². The Balaban J connectivity index is 1.66. The molecule has 30 heavy (non-hydrogen) atoms. The summed E-state index contributed by atoms with van der Waals surface area (Å²) in [6.45, 7) is 0.404. The number of aromatic nitrogens is 3. The highest BCUT2D eigenvalue weighted by Crippen LogP contribution is 2.19. The van der Waals surface area contributed by atoms with Crippen LogP contribution < -0.4 is 10.9 Å². The number of nitrogens with one attached hydrogen (secondary N) is 1. The SMILES string of the molecule is O=C(Nc1ccccc1)c1ccc2c(c1)n(Cc1ccccc1)c(=O)c1ccnn12. The van der Waals surface area contributed by atoms with E-state index >= 15 is 0 Å². The first kappa shape index (κ1) is 17.9. The van der Waals surface area contributed by atoms with E-state index in [1.807, 2.05) is 66.7 Å². The van der Waals surface area contributed by atoms with Gasteiger partial charge in [-0.1, -0.05) is 48.5 Å². The second-order valence-corrected chi connectivity index (χ2v) is 7.03. The molecule has 0 bridgehead atoms. The van der Waals surface area contributed by atoms with Crippen molar-refractivity contribution in [1.29, 1.82) is 0 Å². The third-order valence-electron chi connectivity index (χ3n) is 5.08. The quantitative estimate of drug-likeness (QED) is 0.502. The third kappa shape index (κ3) is 3.14. The van der Waals surface area contributed by atoms with Crippen LogP contribution in [0.4, 0.5) is 5.69 Å². The predicted molar refractivity (Wildman–Crippen MR) is 117 cm³/mol. The minimum atomic E-state index is -0.234. The van der Waals surface area contributed by atoms with Crippen LogP contribution in [0.3, 0.4) is 0 Å². The minimum Gasteiger partial charge on any atom is -0.322 e. The molecule has 3 aromatic carbocycles. The van der Waals surface area contributed by atoms with Crippen molar-refractivity contribution in [1.82, 2.24) is 14.2 Å². The first-order valence-corrected chi connectivity index (χ1v) is 9.61. The van der Waals surface area contributed by atoms with Crippen LogP contribution in [0.2, 0.25) is 0 Å². The zero-order valence-corrected chi connectivity index (χ0v) is 16.0. The number of anilines is 1. The predicted octanol–water partition coefficient (Wildman–Crippen LogP) is 3.95. The van der Waals surface area contributed by atoms with Crippen molar-refractivity contribution in [3.05, 3.63) is 113 Å². The summed E-state index contributed by atoms with van der Waals surface area (Å²) in [6.07, 6.45) is 1.61. The lowest BCUT2D eigenvalue weighted by Crippen LogP contribution is -2.24. The Kier molecular flexibility index (Phi) is 4.37. The summed E-state index contributed by atoms with van der Waals surface area (Å²) >= 11 is 0. The summed E-state index contributed by atoms with van der Waals surface area (Å²) in [5.41, 5.74) is 3.96. The maximum absolute atomic E-state index is 13.2. The number of hydrogen-bond acceptors (Lipinski definition) is 3. The van der Waals surface area contributed by atoms with Gasteiger partial charge in [0.2, 0.25) is 0 Å². The Morgan fingerprint density at radius 1 is 0.833 bits per heavy atom. The minimum absolute atomic E-state index is 0.149. The van der Waals surface area contributed by atoms with Gasteiger partial charge < -0.3 is 9.88 Å². The molecule has 0 fully saturated rings. The van der Waals surface area contributed by atoms with Gasteiger partial charge in [-0.25, -0.2) is 4.52 Å². The number of para-hydroxylation sites is 1. The summed E-state index contributed by atoms with van der Waals surface area (Å²) < 4.78 is 3.32. The normalized spacial score (nSPS) is 11.1. The van der Waals surface area contributed by atoms with Crippen LogP contribution in [0.25, 0.3) is 16.6 Å². The lowest BCUT2D eigenvalue weighted by Gasteiger charge is -2.13. The van der Waals surface area contributed by atoms with Crippen LogP contribution in [-0.4, -0.2) is 20.1 Å². The Morgan fingerprint density at radius 2 is 1.57 bits per heavy atom. The lowest BCUT2D eigenvalue weighted by atomic mass is 10.1. The smallest absolute Gasteiger partial charge is 0.277 e. The fourth-order valence-electron chi connectivity index (χ4n) is 3.61. The van der Waals surface area contributed by atoms with E-state index in [2.05, 4.69) is 10.4 Å². The molecule has 0 atom stereocenters. The zero-order valence-electron chi connectivity index (χ0n) is 16.0. The highest BCUT2D eigenvalue weighted by atomic mass is 16.1. The molecule has 1 amide bonds. The molecule has 2 aromatic heterocycles. The molecular weight excluding hydrogens is 376 g/mol. The lowest BCUT2D eigenvalue weighted by molar-refractivity contribution is 0.102. The van der Waals surface area contributed by atoms with Gasteiger partial charge in [-0.3, -0.25) is 9.59 Å². The van der Waals surface area contributed by atoms with Crippen molar-refractivity contribution >= 4 is 28.1 Å². The van der Waals surface area contributed by atoms with Crippen molar-refractivity contribution in [2.24, 2.45) is 0 Å². The monoisotopic (exact) mass is 394 g/mol. The van der Waals surface area contributed by atoms with E-state index in [1.165, 1.54) is 0 Å². The van der Waals surface area contributed by atoms with Crippen LogP contribution in [-0.2, 0) is 6.54 Å². The maximum atomic E-state index is 13.2. The van der Waals surface area contributed by atoms with E-state index in [0.29, 0.717) is 28.8 Å². The number of nitrogens with zero attached hydrogens (tertiary/aromatic N) is 3. The summed E-state index contributed by atoms with van der Waals surface area (Å²) in [7, 11) is 0. The number of carbonyl (C=O) groups excluding carboxylic acids is 1. The molecule has 0 aliphatic carbocycles. The molecule has 0 saturated carbocycles. The Hall–Kier alpha value is -4.19. The van der Waals surface area contributed by atoms with Crippen molar-refractivity contribution < 1.29 is 4.79 Å². The number of rotatable bonds is 4. The van der Waals surface area contributed by atoms with Crippen molar-refractivity contribution in [3.63, 3.8) is 0 Å². The molecule has 146 valence electrons. The van der Waals surface area contributed by atoms with Gasteiger partial charge in [0.15, 0.2) is 0 Å². The number of hydrogen-bond donors (Lipinski definition) is 1. The maximum Gasteiger partial charge on any atom is 0.277 e. The van der Waals surface area contributed by atoms with E-state index in [1.54, 1.807) is 33.5 Å². The van der Waals surface area contributed by atoms with E-state index in [-0.39, 0.29) is 11.5 Å².